The van der Waals surface area contributed by atoms with Crippen LogP contribution in [0.2, 0.25) is 12.1 Å². The van der Waals surface area contributed by atoms with Crippen LogP contribution in [0, 0.1) is 17.5 Å². The molecular weight excluding hydrogens is 305 g/mol. The molecule has 22 heavy (non-hydrogen) atoms. The Labute approximate surface area is 129 Å². The van der Waals surface area contributed by atoms with Gasteiger partial charge in [0, 0.05) is 7.11 Å². The molecule has 0 fully saturated rings. The summed E-state index contributed by atoms with van der Waals surface area (Å²) in [7, 11) is -0.222. The number of benzene rings is 2. The van der Waals surface area contributed by atoms with Gasteiger partial charge in [0.15, 0.2) is 17.5 Å². The first-order chi connectivity index (χ1) is 10.5. The Bertz CT molecular complexity index is 620. The predicted octanol–water partition coefficient (Wildman–Crippen LogP) is 4.61. The van der Waals surface area contributed by atoms with Crippen LogP contribution in [0.4, 0.5) is 13.2 Å². The molecular formula is C17H19F3OSi. The lowest BCUT2D eigenvalue weighted by Gasteiger charge is -2.27. The molecule has 2 aromatic rings. The highest BCUT2D eigenvalue weighted by molar-refractivity contribution is 6.86. The zero-order valence-corrected chi connectivity index (χ0v) is 13.9. The van der Waals surface area contributed by atoms with Crippen LogP contribution in [-0.4, -0.2) is 15.4 Å². The Hall–Kier alpha value is -1.59. The summed E-state index contributed by atoms with van der Waals surface area (Å²) in [6.07, 6.45) is 0. The van der Waals surface area contributed by atoms with Gasteiger partial charge in [-0.25, -0.2) is 13.2 Å². The second kappa shape index (κ2) is 6.67. The van der Waals surface area contributed by atoms with Gasteiger partial charge in [0.25, 0.3) is 0 Å². The van der Waals surface area contributed by atoms with Crippen LogP contribution < -0.4 is 5.19 Å². The maximum atomic E-state index is 13.3. The van der Waals surface area contributed by atoms with E-state index in [0.29, 0.717) is 11.1 Å². The smallest absolute Gasteiger partial charge is 0.223 e. The zero-order valence-electron chi connectivity index (χ0n) is 12.9. The molecule has 118 valence electrons. The summed E-state index contributed by atoms with van der Waals surface area (Å²) in [5, 5.41) is 1.15. The zero-order chi connectivity index (χ0) is 16.3. The largest absolute Gasteiger partial charge is 0.416 e. The van der Waals surface area contributed by atoms with Gasteiger partial charge in [-0.15, -0.1) is 0 Å². The fourth-order valence-corrected chi connectivity index (χ4v) is 5.66. The van der Waals surface area contributed by atoms with Gasteiger partial charge >= 0.3 is 0 Å². The highest BCUT2D eigenvalue weighted by Crippen LogP contribution is 2.24. The summed E-state index contributed by atoms with van der Waals surface area (Å²) < 4.78 is 45.5. The first-order valence-electron chi connectivity index (χ1n) is 7.28. The summed E-state index contributed by atoms with van der Waals surface area (Å²) in [5.41, 5.74) is 0.966. The number of halogens is 3. The van der Waals surface area contributed by atoms with Crippen LogP contribution in [-0.2, 0) is 4.43 Å². The molecule has 0 aliphatic carbocycles. The first kappa shape index (κ1) is 16.8. The molecule has 0 aliphatic heterocycles. The number of hydrogen-bond donors (Lipinski definition) is 0. The molecule has 2 aromatic carbocycles. The Morgan fingerprint density at radius 1 is 0.864 bits per heavy atom. The molecule has 0 aliphatic rings. The minimum atomic E-state index is -1.96. The Morgan fingerprint density at radius 2 is 1.36 bits per heavy atom. The van der Waals surface area contributed by atoms with Crippen LogP contribution in [0.5, 0.6) is 0 Å². The van der Waals surface area contributed by atoms with Gasteiger partial charge in [-0.1, -0.05) is 38.1 Å². The lowest BCUT2D eigenvalue weighted by Crippen LogP contribution is -2.48. The minimum Gasteiger partial charge on any atom is -0.416 e. The highest BCUT2D eigenvalue weighted by Gasteiger charge is 2.31. The number of rotatable bonds is 5. The SMILES string of the molecule is CC[Si](CC)(OC)c1ccc(-c2cc(F)c(F)c(F)c2)cc1. The molecule has 0 saturated carbocycles. The third kappa shape index (κ3) is 2.96. The molecule has 0 unspecified atom stereocenters. The van der Waals surface area contributed by atoms with Gasteiger partial charge < -0.3 is 4.43 Å². The van der Waals surface area contributed by atoms with Crippen molar-refractivity contribution in [3.63, 3.8) is 0 Å². The van der Waals surface area contributed by atoms with Crippen molar-refractivity contribution in [2.45, 2.75) is 25.9 Å². The van der Waals surface area contributed by atoms with Crippen LogP contribution >= 0.6 is 0 Å². The van der Waals surface area contributed by atoms with Crippen molar-refractivity contribution in [1.29, 1.82) is 0 Å². The lowest BCUT2D eigenvalue weighted by molar-refractivity contribution is 0.405. The van der Waals surface area contributed by atoms with Gasteiger partial charge in [-0.3, -0.25) is 0 Å². The van der Waals surface area contributed by atoms with E-state index in [2.05, 4.69) is 13.8 Å². The average molecular weight is 324 g/mol. The second-order valence-corrected chi connectivity index (χ2v) is 9.63. The van der Waals surface area contributed by atoms with Crippen LogP contribution in [0.1, 0.15) is 13.8 Å². The van der Waals surface area contributed by atoms with Crippen molar-refractivity contribution >= 4 is 13.5 Å². The van der Waals surface area contributed by atoms with Gasteiger partial charge in [0.2, 0.25) is 8.32 Å². The van der Waals surface area contributed by atoms with E-state index in [9.17, 15) is 13.2 Å². The van der Waals surface area contributed by atoms with Crippen LogP contribution in [0.3, 0.4) is 0 Å². The molecule has 0 saturated heterocycles. The molecule has 0 heterocycles. The molecule has 1 nitrogen and oxygen atoms in total. The molecule has 0 spiro atoms. The summed E-state index contributed by atoms with van der Waals surface area (Å²) in [4.78, 5) is 0. The van der Waals surface area contributed by atoms with Crippen LogP contribution in [0.15, 0.2) is 36.4 Å². The molecule has 0 N–H and O–H groups in total. The predicted molar refractivity (Wildman–Crippen MR) is 85.1 cm³/mol. The normalized spacial score (nSPS) is 11.7. The summed E-state index contributed by atoms with van der Waals surface area (Å²) >= 11 is 0. The van der Waals surface area contributed by atoms with Crippen molar-refractivity contribution in [3.8, 4) is 11.1 Å². The summed E-state index contributed by atoms with van der Waals surface area (Å²) in [5.74, 6) is -3.80. The Balaban J connectivity index is 2.41. The van der Waals surface area contributed by atoms with E-state index in [4.69, 9.17) is 4.43 Å². The average Bonchev–Trinajstić information content (AvgIpc) is 2.55. The van der Waals surface area contributed by atoms with Crippen LogP contribution in [0.25, 0.3) is 11.1 Å². The topological polar surface area (TPSA) is 9.23 Å². The molecule has 0 aromatic heterocycles. The van der Waals surface area contributed by atoms with Crippen molar-refractivity contribution < 1.29 is 17.6 Å². The first-order valence-corrected chi connectivity index (χ1v) is 9.60. The van der Waals surface area contributed by atoms with Crippen molar-refractivity contribution in [3.05, 3.63) is 53.8 Å². The van der Waals surface area contributed by atoms with E-state index in [1.54, 1.807) is 19.2 Å². The monoisotopic (exact) mass is 324 g/mol. The van der Waals surface area contributed by atoms with E-state index in [1.165, 1.54) is 0 Å². The van der Waals surface area contributed by atoms with Crippen molar-refractivity contribution in [2.75, 3.05) is 7.11 Å². The summed E-state index contributed by atoms with van der Waals surface area (Å²) in [6.45, 7) is 4.22. The van der Waals surface area contributed by atoms with Gasteiger partial charge in [0.1, 0.15) is 0 Å². The van der Waals surface area contributed by atoms with E-state index in [-0.39, 0.29) is 0 Å². The molecule has 0 bridgehead atoms. The van der Waals surface area contributed by atoms with Gasteiger partial charge in [0.05, 0.1) is 0 Å². The molecule has 0 radical (unpaired) electrons. The Kier molecular flexibility index (Phi) is 5.08. The lowest BCUT2D eigenvalue weighted by atomic mass is 10.1. The third-order valence-corrected chi connectivity index (χ3v) is 8.71. The van der Waals surface area contributed by atoms with E-state index in [0.717, 1.165) is 29.4 Å². The quantitative estimate of drug-likeness (QED) is 0.576. The fraction of sp³-hybridized carbons (Fsp3) is 0.294. The second-order valence-electron chi connectivity index (χ2n) is 5.24. The Morgan fingerprint density at radius 3 is 1.77 bits per heavy atom. The summed E-state index contributed by atoms with van der Waals surface area (Å²) in [6, 6.07) is 11.4. The molecule has 0 atom stereocenters. The van der Waals surface area contributed by atoms with E-state index < -0.39 is 25.8 Å². The molecule has 0 amide bonds. The minimum absolute atomic E-state index is 0.320. The number of hydrogen-bond acceptors (Lipinski definition) is 1. The third-order valence-electron chi connectivity index (χ3n) is 4.26. The van der Waals surface area contributed by atoms with Gasteiger partial charge in [-0.2, -0.15) is 0 Å². The van der Waals surface area contributed by atoms with E-state index in [1.807, 2.05) is 12.1 Å². The van der Waals surface area contributed by atoms with Crippen molar-refractivity contribution in [2.24, 2.45) is 0 Å². The fourth-order valence-electron chi connectivity index (χ4n) is 2.75. The van der Waals surface area contributed by atoms with Gasteiger partial charge in [-0.05, 0) is 40.5 Å². The highest BCUT2D eigenvalue weighted by atomic mass is 28.4. The molecule has 2 rings (SSSR count). The maximum Gasteiger partial charge on any atom is 0.223 e. The standard InChI is InChI=1S/C17H19F3OSi/c1-4-22(5-2,21-3)14-8-6-12(7-9-14)13-10-15(18)17(20)16(19)11-13/h6-11H,4-5H2,1-3H3. The molecule has 5 heteroatoms. The van der Waals surface area contributed by atoms with Crippen molar-refractivity contribution in [1.82, 2.24) is 0 Å². The van der Waals surface area contributed by atoms with E-state index >= 15 is 0 Å². The maximum absolute atomic E-state index is 13.3.